The smallest absolute Gasteiger partial charge is 0.339 e. The molecule has 1 aliphatic heterocycles. The lowest BCUT2D eigenvalue weighted by Gasteiger charge is -2.32. The minimum atomic E-state index is -3.92. The van der Waals surface area contributed by atoms with Crippen LogP contribution in [0.1, 0.15) is 37.0 Å². The quantitative estimate of drug-likeness (QED) is 0.673. The molecule has 0 unspecified atom stereocenters. The van der Waals surface area contributed by atoms with E-state index in [1.54, 1.807) is 19.9 Å². The Hall–Kier alpha value is -2.46. The van der Waals surface area contributed by atoms with Crippen molar-refractivity contribution in [2.75, 3.05) is 27.3 Å². The third-order valence-electron chi connectivity index (χ3n) is 4.87. The van der Waals surface area contributed by atoms with E-state index in [0.29, 0.717) is 12.8 Å². The molecule has 10 heteroatoms. The van der Waals surface area contributed by atoms with Crippen molar-refractivity contribution in [3.63, 3.8) is 0 Å². The maximum absolute atomic E-state index is 13.0. The summed E-state index contributed by atoms with van der Waals surface area (Å²) in [4.78, 5) is 36.0. The maximum Gasteiger partial charge on any atom is 0.339 e. The van der Waals surface area contributed by atoms with Gasteiger partial charge in [-0.3, -0.25) is 4.79 Å². The van der Waals surface area contributed by atoms with Crippen molar-refractivity contribution in [1.29, 1.82) is 0 Å². The lowest BCUT2D eigenvalue weighted by Crippen LogP contribution is -2.53. The first-order valence-electron chi connectivity index (χ1n) is 9.12. The Labute approximate surface area is 170 Å². The molecule has 0 aromatic heterocycles. The molecule has 29 heavy (non-hydrogen) atoms. The van der Waals surface area contributed by atoms with Crippen molar-refractivity contribution in [2.24, 2.45) is 5.92 Å². The molecular weight excluding hydrogens is 400 g/mol. The number of hydrogen-bond acceptors (Lipinski definition) is 7. The number of hydrogen-bond donors (Lipinski definition) is 1. The van der Waals surface area contributed by atoms with E-state index in [1.165, 1.54) is 36.7 Å². The van der Waals surface area contributed by atoms with Crippen LogP contribution in [0, 0.1) is 5.92 Å². The molecule has 160 valence electrons. The van der Waals surface area contributed by atoms with E-state index in [2.05, 4.69) is 14.8 Å². The SMILES string of the molecule is COC(=O)c1ccccc1S(=O)(=O)N1CCC(C(=O)NC(C)(C)C(=O)OC)CC1. The number of carbonyl (C=O) groups excluding carboxylic acids is 3. The molecule has 0 saturated carbocycles. The fourth-order valence-corrected chi connectivity index (χ4v) is 4.83. The second-order valence-electron chi connectivity index (χ2n) is 7.27. The molecular formula is C19H26N2O7S. The topological polar surface area (TPSA) is 119 Å². The second kappa shape index (κ2) is 8.91. The first kappa shape index (κ1) is 22.8. The van der Waals surface area contributed by atoms with E-state index in [1.807, 2.05) is 0 Å². The van der Waals surface area contributed by atoms with Gasteiger partial charge < -0.3 is 14.8 Å². The Morgan fingerprint density at radius 3 is 2.21 bits per heavy atom. The summed E-state index contributed by atoms with van der Waals surface area (Å²) in [5.74, 6) is -2.05. The Bertz CT molecular complexity index is 888. The molecule has 0 atom stereocenters. The third-order valence-corrected chi connectivity index (χ3v) is 6.82. The zero-order chi connectivity index (χ0) is 21.8. The van der Waals surface area contributed by atoms with Crippen LogP contribution in [-0.2, 0) is 29.1 Å². The minimum absolute atomic E-state index is 0.0327. The molecule has 9 nitrogen and oxygen atoms in total. The van der Waals surface area contributed by atoms with Crippen molar-refractivity contribution in [3.8, 4) is 0 Å². The van der Waals surface area contributed by atoms with Crippen LogP contribution in [-0.4, -0.2) is 63.4 Å². The molecule has 0 bridgehead atoms. The minimum Gasteiger partial charge on any atom is -0.467 e. The Kier molecular flexibility index (Phi) is 7.02. The number of sulfonamides is 1. The highest BCUT2D eigenvalue weighted by Gasteiger charge is 2.37. The number of benzene rings is 1. The molecule has 0 spiro atoms. The van der Waals surface area contributed by atoms with E-state index >= 15 is 0 Å². The molecule has 1 heterocycles. The standard InChI is InChI=1S/C19H26N2O7S/c1-19(2,18(24)28-4)20-16(22)13-9-11-21(12-10-13)29(25,26)15-8-6-5-7-14(15)17(23)27-3/h5-8,13H,9-12H2,1-4H3,(H,20,22). The number of amides is 1. The molecule has 2 rings (SSSR count). The number of methoxy groups -OCH3 is 2. The lowest BCUT2D eigenvalue weighted by atomic mass is 9.95. The van der Waals surface area contributed by atoms with Crippen molar-refractivity contribution < 1.29 is 32.3 Å². The van der Waals surface area contributed by atoms with Gasteiger partial charge in [0, 0.05) is 19.0 Å². The van der Waals surface area contributed by atoms with Crippen LogP contribution < -0.4 is 5.32 Å². The fraction of sp³-hybridized carbons (Fsp3) is 0.526. The van der Waals surface area contributed by atoms with Gasteiger partial charge in [0.15, 0.2) is 0 Å². The molecule has 1 amide bonds. The normalized spacial score (nSPS) is 16.1. The summed E-state index contributed by atoms with van der Waals surface area (Å²) in [6.07, 6.45) is 0.589. The zero-order valence-corrected chi connectivity index (χ0v) is 17.7. The average Bonchev–Trinajstić information content (AvgIpc) is 2.72. The van der Waals surface area contributed by atoms with E-state index in [4.69, 9.17) is 0 Å². The monoisotopic (exact) mass is 426 g/mol. The largest absolute Gasteiger partial charge is 0.467 e. The van der Waals surface area contributed by atoms with Crippen molar-refractivity contribution in [2.45, 2.75) is 37.1 Å². The predicted octanol–water partition coefficient (Wildman–Crippen LogP) is 0.942. The summed E-state index contributed by atoms with van der Waals surface area (Å²) < 4.78 is 36.6. The van der Waals surface area contributed by atoms with E-state index in [0.717, 1.165) is 0 Å². The summed E-state index contributed by atoms with van der Waals surface area (Å²) >= 11 is 0. The van der Waals surface area contributed by atoms with Gasteiger partial charge in [-0.2, -0.15) is 4.31 Å². The molecule has 0 aliphatic carbocycles. The molecule has 1 aromatic rings. The van der Waals surface area contributed by atoms with Crippen LogP contribution in [0.3, 0.4) is 0 Å². The number of nitrogens with one attached hydrogen (secondary N) is 1. The van der Waals surface area contributed by atoms with Crippen LogP contribution in [0.5, 0.6) is 0 Å². The van der Waals surface area contributed by atoms with Gasteiger partial charge in [-0.1, -0.05) is 12.1 Å². The molecule has 1 saturated heterocycles. The van der Waals surface area contributed by atoms with Crippen molar-refractivity contribution in [3.05, 3.63) is 29.8 Å². The summed E-state index contributed by atoms with van der Waals surface area (Å²) in [5, 5.41) is 2.65. The number of ether oxygens (including phenoxy) is 2. The summed E-state index contributed by atoms with van der Waals surface area (Å²) in [6.45, 7) is 3.32. The number of nitrogens with zero attached hydrogens (tertiary/aromatic N) is 1. The number of carbonyl (C=O) groups is 3. The third kappa shape index (κ3) is 4.94. The van der Waals surface area contributed by atoms with E-state index in [-0.39, 0.29) is 29.5 Å². The number of rotatable bonds is 6. The van der Waals surface area contributed by atoms with Gasteiger partial charge in [-0.05, 0) is 38.8 Å². The van der Waals surface area contributed by atoms with Crippen LogP contribution in [0.2, 0.25) is 0 Å². The van der Waals surface area contributed by atoms with Crippen LogP contribution >= 0.6 is 0 Å². The van der Waals surface area contributed by atoms with Gasteiger partial charge in [0.05, 0.1) is 24.7 Å². The Morgan fingerprint density at radius 2 is 1.66 bits per heavy atom. The zero-order valence-electron chi connectivity index (χ0n) is 16.9. The van der Waals surface area contributed by atoms with Gasteiger partial charge in [0.1, 0.15) is 5.54 Å². The van der Waals surface area contributed by atoms with Gasteiger partial charge in [-0.25, -0.2) is 18.0 Å². The fourth-order valence-electron chi connectivity index (χ4n) is 3.18. The van der Waals surface area contributed by atoms with Gasteiger partial charge >= 0.3 is 11.9 Å². The number of piperidine rings is 1. The molecule has 1 fully saturated rings. The molecule has 0 radical (unpaired) electrons. The van der Waals surface area contributed by atoms with E-state index < -0.39 is 33.4 Å². The second-order valence-corrected chi connectivity index (χ2v) is 9.18. The van der Waals surface area contributed by atoms with Gasteiger partial charge in [0.2, 0.25) is 15.9 Å². The lowest BCUT2D eigenvalue weighted by molar-refractivity contribution is -0.150. The highest BCUT2D eigenvalue weighted by atomic mass is 32.2. The molecule has 1 aromatic carbocycles. The average molecular weight is 426 g/mol. The Morgan fingerprint density at radius 1 is 1.07 bits per heavy atom. The van der Waals surface area contributed by atoms with Crippen LogP contribution in [0.25, 0.3) is 0 Å². The van der Waals surface area contributed by atoms with Crippen LogP contribution in [0.15, 0.2) is 29.2 Å². The summed E-state index contributed by atoms with van der Waals surface area (Å²) in [6, 6.07) is 5.85. The highest BCUT2D eigenvalue weighted by molar-refractivity contribution is 7.89. The van der Waals surface area contributed by atoms with Crippen molar-refractivity contribution >= 4 is 27.9 Å². The summed E-state index contributed by atoms with van der Waals surface area (Å²) in [7, 11) is -1.49. The van der Waals surface area contributed by atoms with Gasteiger partial charge in [0.25, 0.3) is 0 Å². The first-order chi connectivity index (χ1) is 13.5. The number of esters is 2. The Balaban J connectivity index is 2.10. The van der Waals surface area contributed by atoms with Crippen molar-refractivity contribution in [1.82, 2.24) is 9.62 Å². The van der Waals surface area contributed by atoms with Crippen LogP contribution in [0.4, 0.5) is 0 Å². The van der Waals surface area contributed by atoms with Gasteiger partial charge in [-0.15, -0.1) is 0 Å². The maximum atomic E-state index is 13.0. The first-order valence-corrected chi connectivity index (χ1v) is 10.6. The predicted molar refractivity (Wildman–Crippen MR) is 104 cm³/mol. The highest BCUT2D eigenvalue weighted by Crippen LogP contribution is 2.26. The molecule has 1 aliphatic rings. The van der Waals surface area contributed by atoms with E-state index in [9.17, 15) is 22.8 Å². The molecule has 1 N–H and O–H groups in total. The summed E-state index contributed by atoms with van der Waals surface area (Å²) in [5.41, 5.74) is -1.20.